The molecule has 1 aliphatic rings. The van der Waals surface area contributed by atoms with Crippen LogP contribution in [0.2, 0.25) is 0 Å². The Morgan fingerprint density at radius 2 is 2.21 bits per heavy atom. The minimum absolute atomic E-state index is 0.133. The van der Waals surface area contributed by atoms with Crippen molar-refractivity contribution in [2.75, 3.05) is 11.9 Å². The highest BCUT2D eigenvalue weighted by Gasteiger charge is 2.32. The molecule has 1 fully saturated rings. The third kappa shape index (κ3) is 2.98. The number of carbonyl (C=O) groups excluding carboxylic acids is 1. The number of hydrogen-bond acceptors (Lipinski definition) is 5. The summed E-state index contributed by atoms with van der Waals surface area (Å²) in [6.07, 6.45) is 0.914. The van der Waals surface area contributed by atoms with Gasteiger partial charge >= 0.3 is 12.0 Å². The molecule has 2 amide bonds. The van der Waals surface area contributed by atoms with E-state index in [2.05, 4.69) is 20.7 Å². The summed E-state index contributed by atoms with van der Waals surface area (Å²) < 4.78 is 0. The van der Waals surface area contributed by atoms with Gasteiger partial charge in [0.1, 0.15) is 0 Å². The maximum Gasteiger partial charge on any atom is 0.324 e. The number of tetrazole rings is 1. The highest BCUT2D eigenvalue weighted by molar-refractivity contribution is 5.87. The summed E-state index contributed by atoms with van der Waals surface area (Å²) in [4.78, 5) is 25.8. The van der Waals surface area contributed by atoms with E-state index < -0.39 is 5.97 Å². The Bertz CT molecular complexity index is 487. The summed E-state index contributed by atoms with van der Waals surface area (Å²) in [5.74, 6) is -1.05. The lowest BCUT2D eigenvalue weighted by Gasteiger charge is -2.35. The highest BCUT2D eigenvalue weighted by atomic mass is 16.4. The average Bonchev–Trinajstić information content (AvgIpc) is 2.74. The third-order valence-corrected chi connectivity index (χ3v) is 3.21. The van der Waals surface area contributed by atoms with Crippen molar-refractivity contribution in [1.29, 1.82) is 0 Å². The van der Waals surface area contributed by atoms with E-state index in [-0.39, 0.29) is 23.9 Å². The number of hydrogen-bond donors (Lipinski definition) is 2. The molecule has 1 aliphatic heterocycles. The number of rotatable bonds is 2. The van der Waals surface area contributed by atoms with Crippen molar-refractivity contribution in [2.45, 2.75) is 25.8 Å². The molecule has 2 heterocycles. The van der Waals surface area contributed by atoms with E-state index in [1.165, 1.54) is 4.80 Å². The highest BCUT2D eigenvalue weighted by Crippen LogP contribution is 2.23. The van der Waals surface area contributed by atoms with Crippen LogP contribution in [0, 0.1) is 5.92 Å². The summed E-state index contributed by atoms with van der Waals surface area (Å²) in [7, 11) is 1.60. The lowest BCUT2D eigenvalue weighted by Crippen LogP contribution is -2.47. The first-order valence-corrected chi connectivity index (χ1v) is 6.02. The fourth-order valence-corrected chi connectivity index (χ4v) is 2.20. The normalized spacial score (nSPS) is 23.2. The van der Waals surface area contributed by atoms with Gasteiger partial charge < -0.3 is 10.0 Å². The fraction of sp³-hybridized carbons (Fsp3) is 0.700. The van der Waals surface area contributed by atoms with E-state index in [4.69, 9.17) is 5.11 Å². The van der Waals surface area contributed by atoms with Gasteiger partial charge in [-0.2, -0.15) is 4.80 Å². The van der Waals surface area contributed by atoms with Crippen LogP contribution in [0.5, 0.6) is 0 Å². The molecule has 0 saturated carbocycles. The first kappa shape index (κ1) is 13.2. The molecule has 1 saturated heterocycles. The van der Waals surface area contributed by atoms with Gasteiger partial charge in [0.15, 0.2) is 0 Å². The van der Waals surface area contributed by atoms with Gasteiger partial charge in [0, 0.05) is 12.6 Å². The number of likely N-dealkylation sites (tertiary alicyclic amines) is 1. The smallest absolute Gasteiger partial charge is 0.324 e. The number of aromatic nitrogens is 4. The molecule has 0 aliphatic carbocycles. The van der Waals surface area contributed by atoms with E-state index in [0.29, 0.717) is 19.4 Å². The van der Waals surface area contributed by atoms with Crippen LogP contribution in [0.25, 0.3) is 0 Å². The number of aliphatic carboxylic acids is 1. The second kappa shape index (κ2) is 5.21. The van der Waals surface area contributed by atoms with Crippen molar-refractivity contribution < 1.29 is 14.7 Å². The van der Waals surface area contributed by atoms with E-state index in [0.717, 1.165) is 0 Å². The lowest BCUT2D eigenvalue weighted by atomic mass is 9.92. The zero-order valence-electron chi connectivity index (χ0n) is 10.8. The molecule has 2 atom stereocenters. The minimum atomic E-state index is -0.803. The molecular formula is C10H16N6O3. The van der Waals surface area contributed by atoms with Crippen LogP contribution >= 0.6 is 0 Å². The topological polar surface area (TPSA) is 113 Å². The summed E-state index contributed by atoms with van der Waals surface area (Å²) in [5.41, 5.74) is 0. The summed E-state index contributed by atoms with van der Waals surface area (Å²) in [5, 5.41) is 22.6. The number of aryl methyl sites for hydroxylation is 1. The molecule has 9 heteroatoms. The number of carboxylic acids is 1. The fourth-order valence-electron chi connectivity index (χ4n) is 2.20. The van der Waals surface area contributed by atoms with Crippen molar-refractivity contribution in [3.63, 3.8) is 0 Å². The number of anilines is 1. The van der Waals surface area contributed by atoms with Gasteiger partial charge in [-0.05, 0) is 25.0 Å². The van der Waals surface area contributed by atoms with Gasteiger partial charge in [0.25, 0.3) is 5.95 Å². The zero-order chi connectivity index (χ0) is 14.0. The predicted molar refractivity (Wildman–Crippen MR) is 64.3 cm³/mol. The van der Waals surface area contributed by atoms with E-state index in [1.54, 1.807) is 11.9 Å². The van der Waals surface area contributed by atoms with Crippen LogP contribution in [-0.2, 0) is 11.8 Å². The average molecular weight is 268 g/mol. The number of urea groups is 1. The van der Waals surface area contributed by atoms with Gasteiger partial charge in [-0.3, -0.25) is 10.1 Å². The number of nitrogens with zero attached hydrogens (tertiary/aromatic N) is 5. The molecule has 2 N–H and O–H groups in total. The van der Waals surface area contributed by atoms with Crippen molar-refractivity contribution in [3.8, 4) is 0 Å². The molecule has 1 aromatic heterocycles. The van der Waals surface area contributed by atoms with Gasteiger partial charge in [0.2, 0.25) is 0 Å². The molecule has 0 bridgehead atoms. The molecule has 9 nitrogen and oxygen atoms in total. The van der Waals surface area contributed by atoms with Crippen LogP contribution in [-0.4, -0.2) is 54.8 Å². The number of piperidine rings is 1. The van der Waals surface area contributed by atoms with Crippen molar-refractivity contribution >= 4 is 17.9 Å². The van der Waals surface area contributed by atoms with Crippen molar-refractivity contribution in [1.82, 2.24) is 25.1 Å². The van der Waals surface area contributed by atoms with Gasteiger partial charge in [0.05, 0.1) is 13.0 Å². The van der Waals surface area contributed by atoms with Crippen molar-refractivity contribution in [3.05, 3.63) is 0 Å². The first-order valence-electron chi connectivity index (χ1n) is 6.02. The van der Waals surface area contributed by atoms with Crippen LogP contribution in [0.3, 0.4) is 0 Å². The summed E-state index contributed by atoms with van der Waals surface area (Å²) >= 11 is 0. The number of carbonyl (C=O) groups is 2. The SMILES string of the molecule is CC1CC(C(=O)O)CCN1C(=O)Nc1nnn(C)n1. The van der Waals surface area contributed by atoms with Gasteiger partial charge in [-0.1, -0.05) is 5.10 Å². The second-order valence-corrected chi connectivity index (χ2v) is 4.63. The Morgan fingerprint density at radius 3 is 2.74 bits per heavy atom. The largest absolute Gasteiger partial charge is 0.481 e. The van der Waals surface area contributed by atoms with Crippen LogP contribution in [0.1, 0.15) is 19.8 Å². The third-order valence-electron chi connectivity index (χ3n) is 3.21. The number of carboxylic acid groups (broad SMARTS) is 1. The van der Waals surface area contributed by atoms with Crippen LogP contribution < -0.4 is 5.32 Å². The minimum Gasteiger partial charge on any atom is -0.481 e. The predicted octanol–water partition coefficient (Wildman–Crippen LogP) is -0.0729. The Labute approximate surface area is 109 Å². The van der Waals surface area contributed by atoms with Gasteiger partial charge in [-0.25, -0.2) is 4.79 Å². The Morgan fingerprint density at radius 1 is 1.47 bits per heavy atom. The zero-order valence-corrected chi connectivity index (χ0v) is 10.8. The Kier molecular flexibility index (Phi) is 3.63. The van der Waals surface area contributed by atoms with Crippen LogP contribution in [0.4, 0.5) is 10.7 Å². The standard InChI is InChI=1S/C10H16N6O3/c1-6-5-7(8(17)18)3-4-16(6)10(19)11-9-12-14-15(2)13-9/h6-7H,3-5H2,1-2H3,(H,17,18)(H,11,13,19). The summed E-state index contributed by atoms with van der Waals surface area (Å²) in [6, 6.07) is -0.462. The molecule has 2 unspecified atom stereocenters. The monoisotopic (exact) mass is 268 g/mol. The maximum absolute atomic E-state index is 12.0. The maximum atomic E-state index is 12.0. The second-order valence-electron chi connectivity index (χ2n) is 4.63. The molecule has 2 rings (SSSR count). The molecule has 0 spiro atoms. The number of amides is 2. The Hall–Kier alpha value is -2.19. The van der Waals surface area contributed by atoms with Crippen molar-refractivity contribution in [2.24, 2.45) is 13.0 Å². The molecule has 0 aromatic carbocycles. The van der Waals surface area contributed by atoms with Gasteiger partial charge in [-0.15, -0.1) is 5.10 Å². The number of nitrogens with one attached hydrogen (secondary N) is 1. The molecule has 0 radical (unpaired) electrons. The molecule has 19 heavy (non-hydrogen) atoms. The van der Waals surface area contributed by atoms with E-state index >= 15 is 0 Å². The van der Waals surface area contributed by atoms with E-state index in [9.17, 15) is 9.59 Å². The van der Waals surface area contributed by atoms with Crippen LogP contribution in [0.15, 0.2) is 0 Å². The molecular weight excluding hydrogens is 252 g/mol. The Balaban J connectivity index is 1.95. The first-order chi connectivity index (χ1) is 8.97. The summed E-state index contributed by atoms with van der Waals surface area (Å²) in [6.45, 7) is 2.24. The molecule has 1 aromatic rings. The van der Waals surface area contributed by atoms with E-state index in [1.807, 2.05) is 6.92 Å². The quantitative estimate of drug-likeness (QED) is 0.776. The molecule has 104 valence electrons. The lowest BCUT2D eigenvalue weighted by molar-refractivity contribution is -0.143.